The van der Waals surface area contributed by atoms with Crippen LogP contribution >= 0.6 is 11.3 Å². The molecular formula is C12H21NOS. The van der Waals surface area contributed by atoms with Crippen molar-refractivity contribution in [3.05, 3.63) is 16.1 Å². The first-order valence-electron chi connectivity index (χ1n) is 5.74. The number of hydrogen-bond acceptors (Lipinski definition) is 3. The summed E-state index contributed by atoms with van der Waals surface area (Å²) in [7, 11) is 0. The van der Waals surface area contributed by atoms with Gasteiger partial charge in [-0.05, 0) is 19.3 Å². The van der Waals surface area contributed by atoms with Gasteiger partial charge in [0.1, 0.15) is 0 Å². The van der Waals surface area contributed by atoms with E-state index >= 15 is 0 Å². The van der Waals surface area contributed by atoms with Crippen LogP contribution in [0.5, 0.6) is 0 Å². The lowest BCUT2D eigenvalue weighted by Gasteiger charge is -2.16. The molecule has 1 aromatic rings. The summed E-state index contributed by atoms with van der Waals surface area (Å²) in [5.41, 5.74) is 1.04. The summed E-state index contributed by atoms with van der Waals surface area (Å²) in [5.74, 6) is 0.653. The summed E-state index contributed by atoms with van der Waals surface area (Å²) in [5, 5.41) is 13.0. The molecule has 0 aromatic carbocycles. The van der Waals surface area contributed by atoms with Gasteiger partial charge in [-0.3, -0.25) is 0 Å². The van der Waals surface area contributed by atoms with Crippen molar-refractivity contribution in [1.82, 2.24) is 4.98 Å². The normalized spacial score (nSPS) is 13.4. The molecule has 1 aromatic heterocycles. The average molecular weight is 227 g/mol. The Morgan fingerprint density at radius 1 is 1.40 bits per heavy atom. The van der Waals surface area contributed by atoms with Crippen LogP contribution in [0.2, 0.25) is 0 Å². The number of nitrogens with zero attached hydrogens (tertiary/aromatic N) is 1. The molecule has 3 heteroatoms. The van der Waals surface area contributed by atoms with Crippen molar-refractivity contribution < 1.29 is 5.11 Å². The number of aliphatic hydroxyl groups excluding tert-OH is 1. The maximum atomic E-state index is 9.91. The zero-order valence-corrected chi connectivity index (χ0v) is 10.7. The van der Waals surface area contributed by atoms with Gasteiger partial charge in [-0.2, -0.15) is 0 Å². The highest BCUT2D eigenvalue weighted by atomic mass is 32.1. The fourth-order valence-electron chi connectivity index (χ4n) is 1.83. The molecule has 2 nitrogen and oxygen atoms in total. The van der Waals surface area contributed by atoms with Gasteiger partial charge in [-0.15, -0.1) is 11.3 Å². The van der Waals surface area contributed by atoms with E-state index in [0.717, 1.165) is 30.0 Å². The molecule has 1 unspecified atom stereocenters. The molecule has 1 atom stereocenters. The minimum Gasteiger partial charge on any atom is -0.393 e. The Balaban J connectivity index is 2.38. The second-order valence-electron chi connectivity index (χ2n) is 4.13. The highest BCUT2D eigenvalue weighted by Crippen LogP contribution is 2.18. The molecule has 1 rings (SSSR count). The molecule has 0 bridgehead atoms. The van der Waals surface area contributed by atoms with Crippen LogP contribution in [0.15, 0.2) is 5.38 Å². The Kier molecular flexibility index (Phi) is 5.26. The first-order valence-corrected chi connectivity index (χ1v) is 6.62. The average Bonchev–Trinajstić information content (AvgIpc) is 2.60. The molecule has 0 aliphatic carbocycles. The lowest BCUT2D eigenvalue weighted by Crippen LogP contribution is -2.15. The minimum absolute atomic E-state index is 0.226. The van der Waals surface area contributed by atoms with E-state index in [1.807, 2.05) is 12.3 Å². The number of aliphatic hydroxyl groups is 1. The van der Waals surface area contributed by atoms with Crippen molar-refractivity contribution in [2.75, 3.05) is 0 Å². The minimum atomic E-state index is -0.226. The standard InChI is InChI=1S/C12H21NOS/c1-4-10(5-2)6-12(14)7-11-8-15-9(3)13-11/h8,10,12,14H,4-7H2,1-3H3. The Morgan fingerprint density at radius 2 is 2.07 bits per heavy atom. The number of rotatable bonds is 6. The van der Waals surface area contributed by atoms with Gasteiger partial charge in [0.25, 0.3) is 0 Å². The number of aryl methyl sites for hydroxylation is 1. The molecule has 0 spiro atoms. The molecule has 15 heavy (non-hydrogen) atoms. The van der Waals surface area contributed by atoms with Gasteiger partial charge >= 0.3 is 0 Å². The Bertz CT molecular complexity index is 281. The lowest BCUT2D eigenvalue weighted by molar-refractivity contribution is 0.139. The van der Waals surface area contributed by atoms with Gasteiger partial charge in [0.2, 0.25) is 0 Å². The molecule has 86 valence electrons. The molecule has 0 saturated carbocycles. The van der Waals surface area contributed by atoms with Crippen LogP contribution in [0.4, 0.5) is 0 Å². The van der Waals surface area contributed by atoms with Crippen LogP contribution < -0.4 is 0 Å². The van der Waals surface area contributed by atoms with Gasteiger partial charge in [-0.1, -0.05) is 26.7 Å². The van der Waals surface area contributed by atoms with E-state index in [1.165, 1.54) is 0 Å². The molecule has 0 saturated heterocycles. The van der Waals surface area contributed by atoms with E-state index in [-0.39, 0.29) is 6.10 Å². The lowest BCUT2D eigenvalue weighted by atomic mass is 9.94. The third kappa shape index (κ3) is 4.31. The van der Waals surface area contributed by atoms with Gasteiger partial charge in [-0.25, -0.2) is 4.98 Å². The number of hydrogen-bond donors (Lipinski definition) is 1. The monoisotopic (exact) mass is 227 g/mol. The maximum Gasteiger partial charge on any atom is 0.0897 e. The van der Waals surface area contributed by atoms with Crippen molar-refractivity contribution in [2.45, 2.75) is 52.6 Å². The van der Waals surface area contributed by atoms with Crippen LogP contribution in [0.1, 0.15) is 43.8 Å². The van der Waals surface area contributed by atoms with Crippen molar-refractivity contribution in [3.63, 3.8) is 0 Å². The molecule has 0 radical (unpaired) electrons. The van der Waals surface area contributed by atoms with Crippen molar-refractivity contribution in [2.24, 2.45) is 5.92 Å². The first-order chi connectivity index (χ1) is 7.15. The van der Waals surface area contributed by atoms with Crippen LogP contribution in [-0.4, -0.2) is 16.2 Å². The highest BCUT2D eigenvalue weighted by molar-refractivity contribution is 7.09. The van der Waals surface area contributed by atoms with Crippen LogP contribution in [0.3, 0.4) is 0 Å². The van der Waals surface area contributed by atoms with E-state index in [0.29, 0.717) is 12.3 Å². The topological polar surface area (TPSA) is 33.1 Å². The quantitative estimate of drug-likeness (QED) is 0.809. The SMILES string of the molecule is CCC(CC)CC(O)Cc1csc(C)n1. The van der Waals surface area contributed by atoms with E-state index in [4.69, 9.17) is 0 Å². The third-order valence-electron chi connectivity index (χ3n) is 2.87. The predicted molar refractivity (Wildman–Crippen MR) is 65.3 cm³/mol. The zero-order chi connectivity index (χ0) is 11.3. The zero-order valence-electron chi connectivity index (χ0n) is 9.86. The van der Waals surface area contributed by atoms with Crippen LogP contribution in [0, 0.1) is 12.8 Å². The predicted octanol–water partition coefficient (Wildman–Crippen LogP) is 3.18. The van der Waals surface area contributed by atoms with Crippen molar-refractivity contribution in [3.8, 4) is 0 Å². The first kappa shape index (κ1) is 12.7. The number of thiazole rings is 1. The van der Waals surface area contributed by atoms with E-state index in [9.17, 15) is 5.11 Å². The number of aromatic nitrogens is 1. The van der Waals surface area contributed by atoms with Gasteiger partial charge in [0, 0.05) is 11.8 Å². The molecule has 0 aliphatic rings. The smallest absolute Gasteiger partial charge is 0.0897 e. The van der Waals surface area contributed by atoms with E-state index in [2.05, 4.69) is 18.8 Å². The van der Waals surface area contributed by atoms with Gasteiger partial charge in [0.15, 0.2) is 0 Å². The van der Waals surface area contributed by atoms with Crippen molar-refractivity contribution >= 4 is 11.3 Å². The van der Waals surface area contributed by atoms with Gasteiger partial charge < -0.3 is 5.11 Å². The fourth-order valence-corrected chi connectivity index (χ4v) is 2.46. The van der Waals surface area contributed by atoms with Crippen LogP contribution in [-0.2, 0) is 6.42 Å². The summed E-state index contributed by atoms with van der Waals surface area (Å²) in [6, 6.07) is 0. The summed E-state index contributed by atoms with van der Waals surface area (Å²) in [6.45, 7) is 6.38. The maximum absolute atomic E-state index is 9.91. The van der Waals surface area contributed by atoms with E-state index < -0.39 is 0 Å². The fraction of sp³-hybridized carbons (Fsp3) is 0.750. The molecular weight excluding hydrogens is 206 g/mol. The summed E-state index contributed by atoms with van der Waals surface area (Å²) < 4.78 is 0. The molecule has 0 aliphatic heterocycles. The van der Waals surface area contributed by atoms with Crippen molar-refractivity contribution in [1.29, 1.82) is 0 Å². The third-order valence-corrected chi connectivity index (χ3v) is 3.69. The summed E-state index contributed by atoms with van der Waals surface area (Å²) >= 11 is 1.65. The molecule has 1 N–H and O–H groups in total. The highest BCUT2D eigenvalue weighted by Gasteiger charge is 2.13. The van der Waals surface area contributed by atoms with E-state index in [1.54, 1.807) is 11.3 Å². The summed E-state index contributed by atoms with van der Waals surface area (Å²) in [6.07, 6.45) is 3.70. The molecule has 0 amide bonds. The molecule has 0 fully saturated rings. The largest absolute Gasteiger partial charge is 0.393 e. The second kappa shape index (κ2) is 6.23. The Labute approximate surface area is 96.4 Å². The van der Waals surface area contributed by atoms with Crippen LogP contribution in [0.25, 0.3) is 0 Å². The molecule has 1 heterocycles. The second-order valence-corrected chi connectivity index (χ2v) is 5.20. The van der Waals surface area contributed by atoms with Gasteiger partial charge in [0.05, 0.1) is 16.8 Å². The Morgan fingerprint density at radius 3 is 2.53 bits per heavy atom. The Hall–Kier alpha value is -0.410. The summed E-state index contributed by atoms with van der Waals surface area (Å²) in [4.78, 5) is 4.37.